The zero-order valence-electron chi connectivity index (χ0n) is 12.3. The van der Waals surface area contributed by atoms with Crippen LogP contribution in [-0.2, 0) is 0 Å². The van der Waals surface area contributed by atoms with Crippen molar-refractivity contribution in [3.63, 3.8) is 0 Å². The van der Waals surface area contributed by atoms with E-state index in [1.165, 1.54) is 32.1 Å². The van der Waals surface area contributed by atoms with Crippen molar-refractivity contribution < 1.29 is 0 Å². The summed E-state index contributed by atoms with van der Waals surface area (Å²) in [6, 6.07) is 0. The molecule has 0 heteroatoms. The molecule has 2 rings (SSSR count). The van der Waals surface area contributed by atoms with E-state index in [1.807, 2.05) is 0 Å². The first-order valence-corrected chi connectivity index (χ1v) is 7.54. The third-order valence-electron chi connectivity index (χ3n) is 4.65. The van der Waals surface area contributed by atoms with Gasteiger partial charge in [0.05, 0.1) is 0 Å². The van der Waals surface area contributed by atoms with E-state index in [2.05, 4.69) is 52.0 Å². The van der Waals surface area contributed by atoms with Gasteiger partial charge in [-0.3, -0.25) is 0 Å². The molecule has 18 heavy (non-hydrogen) atoms. The Morgan fingerprint density at radius 3 is 1.72 bits per heavy atom. The molecule has 0 aliphatic heterocycles. The van der Waals surface area contributed by atoms with E-state index in [0.717, 1.165) is 0 Å². The van der Waals surface area contributed by atoms with E-state index in [4.69, 9.17) is 0 Å². The number of rotatable bonds is 4. The molecule has 0 bridgehead atoms. The van der Waals surface area contributed by atoms with Crippen molar-refractivity contribution in [1.29, 1.82) is 0 Å². The Kier molecular flexibility index (Phi) is 3.94. The van der Waals surface area contributed by atoms with E-state index < -0.39 is 0 Å². The maximum absolute atomic E-state index is 2.46. The quantitative estimate of drug-likeness (QED) is 0.590. The van der Waals surface area contributed by atoms with Crippen molar-refractivity contribution >= 4 is 0 Å². The molecule has 98 valence electrons. The lowest BCUT2D eigenvalue weighted by atomic mass is 9.70. The smallest absolute Gasteiger partial charge is 0.0349 e. The molecule has 0 aromatic rings. The summed E-state index contributed by atoms with van der Waals surface area (Å²) in [5, 5.41) is 0. The first-order valence-electron chi connectivity index (χ1n) is 7.54. The van der Waals surface area contributed by atoms with Gasteiger partial charge in [-0.1, -0.05) is 63.1 Å². The van der Waals surface area contributed by atoms with Crippen molar-refractivity contribution in [3.8, 4) is 0 Å². The van der Waals surface area contributed by atoms with Gasteiger partial charge in [0.15, 0.2) is 0 Å². The number of allylic oxidation sites excluding steroid dienone is 8. The van der Waals surface area contributed by atoms with Crippen molar-refractivity contribution in [2.24, 2.45) is 5.41 Å². The molecule has 0 unspecified atom stereocenters. The summed E-state index contributed by atoms with van der Waals surface area (Å²) in [6.07, 6.45) is 15.2. The normalized spacial score (nSPS) is 21.6. The van der Waals surface area contributed by atoms with Gasteiger partial charge in [0, 0.05) is 5.41 Å². The Hall–Kier alpha value is -1.04. The predicted octanol–water partition coefficient (Wildman–Crippen LogP) is 5.74. The van der Waals surface area contributed by atoms with Crippen molar-refractivity contribution in [1.82, 2.24) is 0 Å². The lowest BCUT2D eigenvalue weighted by Gasteiger charge is -2.33. The topological polar surface area (TPSA) is 0 Å². The maximum Gasteiger partial charge on any atom is 0.0349 e. The zero-order chi connectivity index (χ0) is 13.2. The molecular formula is C18H26. The summed E-state index contributed by atoms with van der Waals surface area (Å²) >= 11 is 0. The van der Waals surface area contributed by atoms with Crippen LogP contribution in [0.1, 0.15) is 59.8 Å². The van der Waals surface area contributed by atoms with Gasteiger partial charge >= 0.3 is 0 Å². The summed E-state index contributed by atoms with van der Waals surface area (Å²) in [4.78, 5) is 0. The van der Waals surface area contributed by atoms with Crippen molar-refractivity contribution in [2.75, 3.05) is 0 Å². The minimum absolute atomic E-state index is 0.245. The highest BCUT2D eigenvalue weighted by molar-refractivity contribution is 5.57. The average Bonchev–Trinajstić information content (AvgIpc) is 2.67. The van der Waals surface area contributed by atoms with Crippen LogP contribution >= 0.6 is 0 Å². The Labute approximate surface area is 112 Å². The second-order valence-corrected chi connectivity index (χ2v) is 5.29. The standard InChI is InChI=1S/C18H26/c1-5-14-15(6-2)17(8-4)18(16(14)7-3)12-10-9-11-13-18/h9-12H,5-8,13H2,1-4H3. The molecule has 0 aromatic heterocycles. The van der Waals surface area contributed by atoms with Gasteiger partial charge < -0.3 is 0 Å². The fourth-order valence-electron chi connectivity index (χ4n) is 4.06. The minimum atomic E-state index is 0.245. The second kappa shape index (κ2) is 5.30. The van der Waals surface area contributed by atoms with Crippen LogP contribution in [0.2, 0.25) is 0 Å². The Balaban J connectivity index is 2.62. The fraction of sp³-hybridized carbons (Fsp3) is 0.556. The van der Waals surface area contributed by atoms with Crippen LogP contribution in [0.4, 0.5) is 0 Å². The highest BCUT2D eigenvalue weighted by Gasteiger charge is 2.41. The summed E-state index contributed by atoms with van der Waals surface area (Å²) in [5.41, 5.74) is 6.96. The van der Waals surface area contributed by atoms with E-state index in [-0.39, 0.29) is 5.41 Å². The number of hydrogen-bond acceptors (Lipinski definition) is 0. The highest BCUT2D eigenvalue weighted by atomic mass is 14.4. The van der Waals surface area contributed by atoms with Gasteiger partial charge in [0.2, 0.25) is 0 Å². The van der Waals surface area contributed by atoms with Gasteiger partial charge in [-0.15, -0.1) is 0 Å². The van der Waals surface area contributed by atoms with Crippen molar-refractivity contribution in [3.05, 3.63) is 46.6 Å². The van der Waals surface area contributed by atoms with E-state index in [0.29, 0.717) is 0 Å². The van der Waals surface area contributed by atoms with Gasteiger partial charge in [0.25, 0.3) is 0 Å². The molecule has 0 aromatic carbocycles. The predicted molar refractivity (Wildman–Crippen MR) is 80.5 cm³/mol. The van der Waals surface area contributed by atoms with Crippen molar-refractivity contribution in [2.45, 2.75) is 59.8 Å². The van der Waals surface area contributed by atoms with Crippen LogP contribution < -0.4 is 0 Å². The molecule has 0 heterocycles. The minimum Gasteiger partial charge on any atom is -0.0830 e. The molecular weight excluding hydrogens is 216 g/mol. The van der Waals surface area contributed by atoms with Crippen LogP contribution in [0.3, 0.4) is 0 Å². The summed E-state index contributed by atoms with van der Waals surface area (Å²) in [6.45, 7) is 9.28. The summed E-state index contributed by atoms with van der Waals surface area (Å²) < 4.78 is 0. The maximum atomic E-state index is 2.46. The SMILES string of the molecule is CCC1=C(CC)C2(C=CC=CC2)C(CC)=C1CC. The molecule has 2 aliphatic rings. The van der Waals surface area contributed by atoms with E-state index in [9.17, 15) is 0 Å². The van der Waals surface area contributed by atoms with E-state index >= 15 is 0 Å². The zero-order valence-corrected chi connectivity index (χ0v) is 12.3. The van der Waals surface area contributed by atoms with Gasteiger partial charge in [-0.25, -0.2) is 0 Å². The number of hydrogen-bond donors (Lipinski definition) is 0. The largest absolute Gasteiger partial charge is 0.0830 e. The first-order chi connectivity index (χ1) is 8.75. The monoisotopic (exact) mass is 242 g/mol. The molecule has 1 spiro atoms. The Morgan fingerprint density at radius 2 is 1.39 bits per heavy atom. The average molecular weight is 242 g/mol. The fourth-order valence-corrected chi connectivity index (χ4v) is 4.06. The molecule has 0 N–H and O–H groups in total. The third kappa shape index (κ3) is 1.74. The van der Waals surface area contributed by atoms with Gasteiger partial charge in [0.1, 0.15) is 0 Å². The molecule has 0 nitrogen and oxygen atoms in total. The molecule has 0 amide bonds. The second-order valence-electron chi connectivity index (χ2n) is 5.29. The first kappa shape index (κ1) is 13.4. The molecule has 0 fully saturated rings. The van der Waals surface area contributed by atoms with Gasteiger partial charge in [-0.2, -0.15) is 0 Å². The molecule has 0 radical (unpaired) electrons. The molecule has 2 aliphatic carbocycles. The molecule has 0 saturated carbocycles. The van der Waals surface area contributed by atoms with Crippen LogP contribution in [0, 0.1) is 5.41 Å². The van der Waals surface area contributed by atoms with Crippen LogP contribution in [0.15, 0.2) is 46.6 Å². The summed E-state index contributed by atoms with van der Waals surface area (Å²) in [5.74, 6) is 0. The summed E-state index contributed by atoms with van der Waals surface area (Å²) in [7, 11) is 0. The van der Waals surface area contributed by atoms with E-state index in [1.54, 1.807) is 22.3 Å². The Bertz CT molecular complexity index is 413. The third-order valence-corrected chi connectivity index (χ3v) is 4.65. The van der Waals surface area contributed by atoms with Gasteiger partial charge in [-0.05, 0) is 43.3 Å². The lowest BCUT2D eigenvalue weighted by Crippen LogP contribution is -2.22. The van der Waals surface area contributed by atoms with Crippen LogP contribution in [0.25, 0.3) is 0 Å². The molecule has 0 atom stereocenters. The Morgan fingerprint density at radius 1 is 0.833 bits per heavy atom. The van der Waals surface area contributed by atoms with Crippen LogP contribution in [0.5, 0.6) is 0 Å². The highest BCUT2D eigenvalue weighted by Crippen LogP contribution is 2.55. The van der Waals surface area contributed by atoms with Crippen LogP contribution in [-0.4, -0.2) is 0 Å². The lowest BCUT2D eigenvalue weighted by molar-refractivity contribution is 0.525. The molecule has 0 saturated heterocycles.